The van der Waals surface area contributed by atoms with Crippen LogP contribution in [0.3, 0.4) is 0 Å². The van der Waals surface area contributed by atoms with Crippen molar-refractivity contribution in [3.63, 3.8) is 0 Å². The maximum Gasteiger partial charge on any atom is 0.374 e. The summed E-state index contributed by atoms with van der Waals surface area (Å²) in [5, 5.41) is 47.9. The van der Waals surface area contributed by atoms with E-state index in [2.05, 4.69) is 64.1 Å². The number of hydrogen-bond acceptors (Lipinski definition) is 6. The van der Waals surface area contributed by atoms with Crippen molar-refractivity contribution in [2.24, 2.45) is 34.5 Å². The first kappa shape index (κ1) is 39.7. The summed E-state index contributed by atoms with van der Waals surface area (Å²) in [7, 11) is 0. The van der Waals surface area contributed by atoms with Gasteiger partial charge in [0, 0.05) is 12.3 Å². The van der Waals surface area contributed by atoms with Crippen LogP contribution in [0.5, 0.6) is 0 Å². The van der Waals surface area contributed by atoms with Gasteiger partial charge in [0.15, 0.2) is 5.76 Å². The number of aryl methyl sites for hydroxylation is 1. The van der Waals surface area contributed by atoms with Gasteiger partial charge in [-0.2, -0.15) is 0 Å². The number of ketones is 1. The number of aliphatic hydroxyl groups is 3. The highest BCUT2D eigenvalue weighted by Gasteiger charge is 2.50. The second-order valence-electron chi connectivity index (χ2n) is 16.9. The normalized spacial score (nSPS) is 29.2. The Morgan fingerprint density at radius 1 is 0.960 bits per heavy atom. The van der Waals surface area contributed by atoms with Crippen molar-refractivity contribution in [1.29, 1.82) is 0 Å². The fourth-order valence-electron chi connectivity index (χ4n) is 9.85. The van der Waals surface area contributed by atoms with Gasteiger partial charge in [-0.1, -0.05) is 83.4 Å². The van der Waals surface area contributed by atoms with Crippen LogP contribution < -0.4 is 0 Å². The Hall–Kier alpha value is -3.13. The summed E-state index contributed by atoms with van der Waals surface area (Å²) in [6, 6.07) is 9.27. The summed E-state index contributed by atoms with van der Waals surface area (Å²) < 4.78 is 0. The van der Waals surface area contributed by atoms with E-state index in [0.29, 0.717) is 18.3 Å². The molecule has 0 bridgehead atoms. The maximum atomic E-state index is 12.4. The molecule has 1 aromatic rings. The first-order valence-electron chi connectivity index (χ1n) is 19.2. The highest BCUT2D eigenvalue weighted by atomic mass is 16.4. The molecule has 0 radical (unpaired) electrons. The number of rotatable bonds is 14. The summed E-state index contributed by atoms with van der Waals surface area (Å²) in [5.41, 5.74) is 1.83. The van der Waals surface area contributed by atoms with Gasteiger partial charge in [0.05, 0.1) is 6.42 Å². The Morgan fingerprint density at radius 3 is 2.40 bits per heavy atom. The standard InChI is InChI=1S/C24H38O8.C18H24/c1-4-5-12-23(2,3)13-6-8-16-10-11-18(25)17(16)9-7-14-24(32,15-19(26)27)21(29)20(28)22(30)31;1-18-11-4-7-17(18)16-9-8-13-5-2-3-6-14(13)15(16)10-12-18/h6,8,16-17,28-29,32H,4-5,7,9-15H2,1-3H3,(H,26,27)(H,30,31);2-3,5-6,15-17H,4,7-12H2,1H3/b8-6+,21-20+;/t16-,17+,24?;15-,16-,17+,18+/m01/s1. The molecule has 0 saturated heterocycles. The lowest BCUT2D eigenvalue weighted by molar-refractivity contribution is -0.144. The molecule has 4 aliphatic carbocycles. The lowest BCUT2D eigenvalue weighted by Gasteiger charge is -2.49. The molecule has 5 rings (SSSR count). The Labute approximate surface area is 299 Å². The molecule has 0 spiro atoms. The van der Waals surface area contributed by atoms with E-state index < -0.39 is 35.5 Å². The molecule has 1 unspecified atom stereocenters. The molecule has 0 heterocycles. The van der Waals surface area contributed by atoms with Gasteiger partial charge >= 0.3 is 11.9 Å². The van der Waals surface area contributed by atoms with E-state index in [-0.39, 0.29) is 35.9 Å². The van der Waals surface area contributed by atoms with Crippen LogP contribution in [-0.4, -0.2) is 48.9 Å². The zero-order valence-electron chi connectivity index (χ0n) is 30.8. The number of carboxylic acid groups (broad SMARTS) is 2. The van der Waals surface area contributed by atoms with Gasteiger partial charge in [0.2, 0.25) is 5.76 Å². The molecule has 5 N–H and O–H groups in total. The molecule has 3 fully saturated rings. The number of carbonyl (C=O) groups is 3. The van der Waals surface area contributed by atoms with E-state index in [0.717, 1.165) is 43.4 Å². The minimum Gasteiger partial charge on any atom is -0.506 e. The van der Waals surface area contributed by atoms with Crippen LogP contribution in [0.1, 0.15) is 147 Å². The highest BCUT2D eigenvalue weighted by molar-refractivity contribution is 5.85. The Kier molecular flexibility index (Phi) is 13.4. The van der Waals surface area contributed by atoms with Crippen LogP contribution in [0.15, 0.2) is 47.9 Å². The molecule has 3 saturated carbocycles. The van der Waals surface area contributed by atoms with E-state index in [1.165, 1.54) is 51.4 Å². The van der Waals surface area contributed by atoms with E-state index in [9.17, 15) is 29.7 Å². The number of benzene rings is 1. The molecule has 278 valence electrons. The highest BCUT2D eigenvalue weighted by Crippen LogP contribution is 2.60. The van der Waals surface area contributed by atoms with E-state index in [1.54, 1.807) is 11.1 Å². The summed E-state index contributed by atoms with van der Waals surface area (Å²) in [6.07, 6.45) is 19.3. The summed E-state index contributed by atoms with van der Waals surface area (Å²) in [5.74, 6) is -3.26. The number of fused-ring (bicyclic) bond motifs is 5. The van der Waals surface area contributed by atoms with Crippen LogP contribution in [0.4, 0.5) is 0 Å². The summed E-state index contributed by atoms with van der Waals surface area (Å²) in [4.78, 5) is 34.4. The monoisotopic (exact) mass is 694 g/mol. The summed E-state index contributed by atoms with van der Waals surface area (Å²) >= 11 is 0. The van der Waals surface area contributed by atoms with E-state index in [4.69, 9.17) is 10.2 Å². The second-order valence-corrected chi connectivity index (χ2v) is 16.9. The third-order valence-electron chi connectivity index (χ3n) is 12.8. The minimum atomic E-state index is -2.43. The van der Waals surface area contributed by atoms with Crippen molar-refractivity contribution in [1.82, 2.24) is 0 Å². The molecule has 50 heavy (non-hydrogen) atoms. The first-order chi connectivity index (χ1) is 23.6. The van der Waals surface area contributed by atoms with Gasteiger partial charge < -0.3 is 25.5 Å². The van der Waals surface area contributed by atoms with Crippen LogP contribution in [0, 0.1) is 34.5 Å². The molecule has 0 amide bonds. The largest absolute Gasteiger partial charge is 0.506 e. The lowest BCUT2D eigenvalue weighted by Crippen LogP contribution is -2.39. The average molecular weight is 695 g/mol. The minimum absolute atomic E-state index is 0.0635. The van der Waals surface area contributed by atoms with Crippen molar-refractivity contribution in [2.45, 2.75) is 148 Å². The van der Waals surface area contributed by atoms with Crippen molar-refractivity contribution in [3.05, 3.63) is 59.1 Å². The zero-order chi connectivity index (χ0) is 36.7. The molecule has 7 atom stereocenters. The molecular weight excluding hydrogens is 632 g/mol. The fourth-order valence-corrected chi connectivity index (χ4v) is 9.85. The topological polar surface area (TPSA) is 152 Å². The quantitative estimate of drug-likeness (QED) is 0.0734. The van der Waals surface area contributed by atoms with Gasteiger partial charge in [0.25, 0.3) is 0 Å². The second kappa shape index (κ2) is 16.9. The van der Waals surface area contributed by atoms with Gasteiger partial charge in [-0.05, 0) is 123 Å². The van der Waals surface area contributed by atoms with Crippen LogP contribution in [0.25, 0.3) is 0 Å². The number of aliphatic carboxylic acids is 2. The van der Waals surface area contributed by atoms with Crippen molar-refractivity contribution in [3.8, 4) is 0 Å². The Morgan fingerprint density at radius 2 is 1.70 bits per heavy atom. The van der Waals surface area contributed by atoms with Gasteiger partial charge in [-0.3, -0.25) is 9.59 Å². The Balaban J connectivity index is 0.000000258. The average Bonchev–Trinajstić information content (AvgIpc) is 3.64. The third kappa shape index (κ3) is 9.59. The molecule has 1 aromatic carbocycles. The summed E-state index contributed by atoms with van der Waals surface area (Å²) in [6.45, 7) is 9.19. The lowest BCUT2D eigenvalue weighted by atomic mass is 9.56. The van der Waals surface area contributed by atoms with Crippen LogP contribution >= 0.6 is 0 Å². The molecule has 0 aliphatic heterocycles. The SMILES string of the molecule is CCCCC(C)(C)C/C=C/[C@H]1CCC(=O)[C@@H]1CCCC(O)(CC(=O)O)/C(O)=C(\O)C(=O)O.C[C@@]12CCC[C@H]1[C@@H]1CCc3ccccc3[C@H]1CC2. The van der Waals surface area contributed by atoms with Crippen molar-refractivity contribution >= 4 is 17.7 Å². The predicted octanol–water partition coefficient (Wildman–Crippen LogP) is 9.47. The van der Waals surface area contributed by atoms with Crippen LogP contribution in [-0.2, 0) is 20.8 Å². The van der Waals surface area contributed by atoms with Crippen molar-refractivity contribution < 1.29 is 39.9 Å². The number of Topliss-reactive ketones (excluding diaryl/α,β-unsaturated/α-hetero) is 1. The molecule has 8 heteroatoms. The van der Waals surface area contributed by atoms with Gasteiger partial charge in [0.1, 0.15) is 11.4 Å². The maximum absolute atomic E-state index is 12.4. The molecule has 8 nitrogen and oxygen atoms in total. The third-order valence-corrected chi connectivity index (χ3v) is 12.8. The molecular formula is C42H62O8. The molecule has 4 aliphatic rings. The zero-order valence-corrected chi connectivity index (χ0v) is 30.8. The van der Waals surface area contributed by atoms with Gasteiger partial charge in [-0.15, -0.1) is 0 Å². The predicted molar refractivity (Wildman–Crippen MR) is 195 cm³/mol. The number of unbranched alkanes of at least 4 members (excludes halogenated alkanes) is 1. The fraction of sp³-hybridized carbons (Fsp3) is 0.690. The number of carboxylic acids is 2. The smallest absolute Gasteiger partial charge is 0.374 e. The van der Waals surface area contributed by atoms with E-state index in [1.807, 2.05) is 0 Å². The molecule has 0 aromatic heterocycles. The van der Waals surface area contributed by atoms with Crippen LogP contribution in [0.2, 0.25) is 0 Å². The number of allylic oxidation sites excluding steroid dienone is 2. The van der Waals surface area contributed by atoms with Gasteiger partial charge in [-0.25, -0.2) is 4.79 Å². The number of carbonyl (C=O) groups excluding carboxylic acids is 1. The number of aliphatic hydroxyl groups excluding tert-OH is 2. The number of hydrogen-bond donors (Lipinski definition) is 5. The first-order valence-corrected chi connectivity index (χ1v) is 19.2. The van der Waals surface area contributed by atoms with E-state index >= 15 is 0 Å². The van der Waals surface area contributed by atoms with Crippen molar-refractivity contribution in [2.75, 3.05) is 0 Å². The Bertz CT molecular complexity index is 1410.